The van der Waals surface area contributed by atoms with Crippen LogP contribution in [0.5, 0.6) is 0 Å². The van der Waals surface area contributed by atoms with E-state index >= 15 is 0 Å². The second kappa shape index (κ2) is 8.46. The van der Waals surface area contributed by atoms with E-state index in [0.29, 0.717) is 19.4 Å². The van der Waals surface area contributed by atoms with Crippen LogP contribution in [0, 0.1) is 11.7 Å². The van der Waals surface area contributed by atoms with Crippen molar-refractivity contribution in [2.75, 3.05) is 12.3 Å². The van der Waals surface area contributed by atoms with Gasteiger partial charge >= 0.3 is 0 Å². The quantitative estimate of drug-likeness (QED) is 0.744. The molecule has 1 aromatic heterocycles. The van der Waals surface area contributed by atoms with Crippen molar-refractivity contribution in [3.63, 3.8) is 0 Å². The highest BCUT2D eigenvalue weighted by Gasteiger charge is 2.53. The number of pyridine rings is 1. The summed E-state index contributed by atoms with van der Waals surface area (Å²) in [6, 6.07) is 10.1. The summed E-state index contributed by atoms with van der Waals surface area (Å²) in [5.41, 5.74) is 1.68. The number of benzene rings is 1. The van der Waals surface area contributed by atoms with Crippen molar-refractivity contribution in [1.82, 2.24) is 9.88 Å². The van der Waals surface area contributed by atoms with E-state index < -0.39 is 14.6 Å². The fourth-order valence-corrected chi connectivity index (χ4v) is 7.45. The number of halogens is 1. The first kappa shape index (κ1) is 21.0. The molecule has 7 heteroatoms. The number of sulfone groups is 1. The molecule has 4 rings (SSSR count). The highest BCUT2D eigenvalue weighted by atomic mass is 32.2. The topological polar surface area (TPSA) is 67.3 Å². The van der Waals surface area contributed by atoms with Gasteiger partial charge in [0.05, 0.1) is 10.5 Å². The first-order valence-electron chi connectivity index (χ1n) is 10.5. The predicted octanol–water partition coefficient (Wildman–Crippen LogP) is 3.54. The van der Waals surface area contributed by atoms with Gasteiger partial charge in [-0.1, -0.05) is 31.0 Å². The minimum absolute atomic E-state index is 0.00950. The second-order valence-corrected chi connectivity index (χ2v) is 11.0. The zero-order valence-electron chi connectivity index (χ0n) is 17.0. The van der Waals surface area contributed by atoms with Gasteiger partial charge in [-0.15, -0.1) is 0 Å². The van der Waals surface area contributed by atoms with E-state index in [2.05, 4.69) is 4.98 Å². The van der Waals surface area contributed by atoms with E-state index in [1.807, 2.05) is 18.2 Å². The number of amides is 1. The molecule has 2 heterocycles. The van der Waals surface area contributed by atoms with Crippen LogP contribution in [0.3, 0.4) is 0 Å². The van der Waals surface area contributed by atoms with Crippen LogP contribution in [-0.4, -0.2) is 41.3 Å². The van der Waals surface area contributed by atoms with Crippen molar-refractivity contribution < 1.29 is 17.6 Å². The fourth-order valence-electron chi connectivity index (χ4n) is 5.08. The third-order valence-corrected chi connectivity index (χ3v) is 9.31. The lowest BCUT2D eigenvalue weighted by Crippen LogP contribution is -2.50. The highest BCUT2D eigenvalue weighted by molar-refractivity contribution is 7.92. The van der Waals surface area contributed by atoms with Crippen molar-refractivity contribution in [3.8, 4) is 0 Å². The molecular weight excluding hydrogens is 403 g/mol. The van der Waals surface area contributed by atoms with Crippen LogP contribution in [0.2, 0.25) is 0 Å². The maximum absolute atomic E-state index is 13.7. The lowest BCUT2D eigenvalue weighted by Gasteiger charge is -2.42. The van der Waals surface area contributed by atoms with E-state index in [0.717, 1.165) is 30.4 Å². The molecule has 2 aromatic rings. The number of nitrogens with zero attached hydrogens (tertiary/aromatic N) is 2. The molecule has 2 aliphatic rings. The maximum Gasteiger partial charge on any atom is 0.224 e. The molecule has 1 saturated carbocycles. The molecule has 1 spiro atoms. The number of aromatic nitrogens is 1. The molecule has 30 heavy (non-hydrogen) atoms. The molecule has 1 aliphatic carbocycles. The Labute approximate surface area is 177 Å². The Bertz CT molecular complexity index is 1010. The van der Waals surface area contributed by atoms with Crippen LogP contribution in [0.15, 0.2) is 48.8 Å². The van der Waals surface area contributed by atoms with E-state index in [-0.39, 0.29) is 36.4 Å². The first-order chi connectivity index (χ1) is 14.4. The van der Waals surface area contributed by atoms with Crippen LogP contribution in [0.25, 0.3) is 0 Å². The molecule has 0 N–H and O–H groups in total. The second-order valence-electron chi connectivity index (χ2n) is 8.51. The molecule has 1 saturated heterocycles. The predicted molar refractivity (Wildman–Crippen MR) is 113 cm³/mol. The standard InChI is InChI=1S/C23H27FN2O3S/c24-21-8-3-5-18(14-21)13-20-7-1-2-9-23(20)15-22(27)26(11-12-30(23,28)29)17-19-6-4-10-25-16-19/h3-6,8,10,14,16,20H,1-2,7,9,11-13,15,17H2. The van der Waals surface area contributed by atoms with E-state index in [1.54, 1.807) is 23.4 Å². The molecule has 0 bridgehead atoms. The summed E-state index contributed by atoms with van der Waals surface area (Å²) in [5, 5.41) is 0. The van der Waals surface area contributed by atoms with Crippen LogP contribution < -0.4 is 0 Å². The Morgan fingerprint density at radius 1 is 1.17 bits per heavy atom. The maximum atomic E-state index is 13.7. The zero-order chi connectivity index (χ0) is 21.2. The average molecular weight is 431 g/mol. The van der Waals surface area contributed by atoms with Gasteiger partial charge in [-0.3, -0.25) is 9.78 Å². The third kappa shape index (κ3) is 4.13. The summed E-state index contributed by atoms with van der Waals surface area (Å²) in [4.78, 5) is 19.0. The lowest BCUT2D eigenvalue weighted by molar-refractivity contribution is -0.132. The van der Waals surface area contributed by atoms with Gasteiger partial charge in [0.1, 0.15) is 5.82 Å². The van der Waals surface area contributed by atoms with Gasteiger partial charge in [-0.05, 0) is 54.5 Å². The van der Waals surface area contributed by atoms with Gasteiger partial charge in [0.2, 0.25) is 5.91 Å². The van der Waals surface area contributed by atoms with Gasteiger partial charge in [0.25, 0.3) is 0 Å². The molecule has 1 aromatic carbocycles. The van der Waals surface area contributed by atoms with Gasteiger partial charge < -0.3 is 4.90 Å². The number of hydrogen-bond acceptors (Lipinski definition) is 4. The van der Waals surface area contributed by atoms with Gasteiger partial charge in [-0.2, -0.15) is 0 Å². The van der Waals surface area contributed by atoms with E-state index in [9.17, 15) is 17.6 Å². The Hall–Kier alpha value is -2.28. The largest absolute Gasteiger partial charge is 0.337 e. The Kier molecular flexibility index (Phi) is 5.91. The van der Waals surface area contributed by atoms with Crippen LogP contribution in [-0.2, 0) is 27.6 Å². The van der Waals surface area contributed by atoms with Crippen LogP contribution in [0.4, 0.5) is 4.39 Å². The normalized spacial score (nSPS) is 26.5. The van der Waals surface area contributed by atoms with Gasteiger partial charge in [0, 0.05) is 31.9 Å². The van der Waals surface area contributed by atoms with Crippen molar-refractivity contribution in [2.24, 2.45) is 5.92 Å². The minimum atomic E-state index is -3.49. The van der Waals surface area contributed by atoms with E-state index in [4.69, 9.17) is 0 Å². The minimum Gasteiger partial charge on any atom is -0.337 e. The lowest BCUT2D eigenvalue weighted by atomic mass is 9.73. The molecule has 2 fully saturated rings. The molecule has 1 aliphatic heterocycles. The summed E-state index contributed by atoms with van der Waals surface area (Å²) < 4.78 is 39.7. The monoisotopic (exact) mass is 430 g/mol. The molecule has 5 nitrogen and oxygen atoms in total. The Morgan fingerprint density at radius 3 is 2.77 bits per heavy atom. The number of hydrogen-bond donors (Lipinski definition) is 0. The molecule has 2 atom stereocenters. The smallest absolute Gasteiger partial charge is 0.224 e. The number of carbonyl (C=O) groups excluding carboxylic acids is 1. The highest BCUT2D eigenvalue weighted by Crippen LogP contribution is 2.46. The summed E-state index contributed by atoms with van der Waals surface area (Å²) in [6.07, 6.45) is 6.84. The van der Waals surface area contributed by atoms with E-state index in [1.165, 1.54) is 12.1 Å². The zero-order valence-corrected chi connectivity index (χ0v) is 17.8. The van der Waals surface area contributed by atoms with Gasteiger partial charge in [-0.25, -0.2) is 12.8 Å². The SMILES string of the molecule is O=C1CC2(CCCCC2Cc2cccc(F)c2)S(=O)(=O)CCN1Cc1cccnc1. The molecule has 0 radical (unpaired) electrons. The van der Waals surface area contributed by atoms with Crippen molar-refractivity contribution in [2.45, 2.75) is 49.8 Å². The molecule has 160 valence electrons. The van der Waals surface area contributed by atoms with Crippen molar-refractivity contribution in [1.29, 1.82) is 0 Å². The number of rotatable bonds is 4. The first-order valence-corrected chi connectivity index (χ1v) is 12.2. The Balaban J connectivity index is 1.63. The van der Waals surface area contributed by atoms with Crippen molar-refractivity contribution in [3.05, 3.63) is 65.7 Å². The summed E-state index contributed by atoms with van der Waals surface area (Å²) >= 11 is 0. The fraction of sp³-hybridized carbons (Fsp3) is 0.478. The average Bonchev–Trinajstić information content (AvgIpc) is 2.81. The van der Waals surface area contributed by atoms with Crippen LogP contribution >= 0.6 is 0 Å². The summed E-state index contributed by atoms with van der Waals surface area (Å²) in [6.45, 7) is 0.567. The summed E-state index contributed by atoms with van der Waals surface area (Å²) in [7, 11) is -3.49. The Morgan fingerprint density at radius 2 is 2.00 bits per heavy atom. The summed E-state index contributed by atoms with van der Waals surface area (Å²) in [5.74, 6) is -0.648. The third-order valence-electron chi connectivity index (χ3n) is 6.67. The molecule has 2 unspecified atom stereocenters. The van der Waals surface area contributed by atoms with Crippen LogP contribution in [0.1, 0.15) is 43.2 Å². The number of carbonyl (C=O) groups is 1. The van der Waals surface area contributed by atoms with Gasteiger partial charge in [0.15, 0.2) is 9.84 Å². The van der Waals surface area contributed by atoms with Crippen molar-refractivity contribution >= 4 is 15.7 Å². The molecule has 1 amide bonds. The molecular formula is C23H27FN2O3S.